The highest BCUT2D eigenvalue weighted by Gasteiger charge is 2.20. The van der Waals surface area contributed by atoms with Gasteiger partial charge in [-0.25, -0.2) is 9.97 Å². The molecule has 72 heavy (non-hydrogen) atoms. The largest absolute Gasteiger partial charge is 0.309 e. The first-order valence-electron chi connectivity index (χ1n) is 24.6. The summed E-state index contributed by atoms with van der Waals surface area (Å²) in [5.74, 6) is 0. The predicted octanol–water partition coefficient (Wildman–Crippen LogP) is 17.8. The van der Waals surface area contributed by atoms with Gasteiger partial charge in [-0.15, -0.1) is 0 Å². The van der Waals surface area contributed by atoms with Crippen molar-refractivity contribution in [3.8, 4) is 78.4 Å². The van der Waals surface area contributed by atoms with Crippen molar-refractivity contribution < 1.29 is 0 Å². The molecular formula is C68H44N4. The molecule has 0 saturated carbocycles. The van der Waals surface area contributed by atoms with E-state index < -0.39 is 0 Å². The molecule has 0 bridgehead atoms. The maximum absolute atomic E-state index is 5.45. The van der Waals surface area contributed by atoms with Gasteiger partial charge in [0.1, 0.15) is 0 Å². The molecule has 0 N–H and O–H groups in total. The number of nitrogens with zero attached hydrogens (tertiary/aromatic N) is 4. The highest BCUT2D eigenvalue weighted by molar-refractivity contribution is 6.13. The lowest BCUT2D eigenvalue weighted by molar-refractivity contribution is 1.17. The van der Waals surface area contributed by atoms with Crippen molar-refractivity contribution in [1.29, 1.82) is 0 Å². The van der Waals surface area contributed by atoms with Gasteiger partial charge in [0.15, 0.2) is 0 Å². The van der Waals surface area contributed by atoms with E-state index in [1.807, 2.05) is 12.1 Å². The first-order chi connectivity index (χ1) is 35.7. The summed E-state index contributed by atoms with van der Waals surface area (Å²) in [6.45, 7) is 0. The lowest BCUT2D eigenvalue weighted by Crippen LogP contribution is -1.99. The Morgan fingerprint density at radius 3 is 0.792 bits per heavy atom. The molecule has 0 amide bonds. The topological polar surface area (TPSA) is 35.6 Å². The van der Waals surface area contributed by atoms with Crippen LogP contribution in [0.5, 0.6) is 0 Å². The summed E-state index contributed by atoms with van der Waals surface area (Å²) in [7, 11) is 0. The average Bonchev–Trinajstić information content (AvgIpc) is 3.97. The maximum atomic E-state index is 5.45. The molecule has 4 heteroatoms. The smallest absolute Gasteiger partial charge is 0.0973 e. The highest BCUT2D eigenvalue weighted by Crippen LogP contribution is 2.41. The van der Waals surface area contributed by atoms with E-state index in [-0.39, 0.29) is 0 Å². The third-order valence-corrected chi connectivity index (χ3v) is 14.3. The Morgan fingerprint density at radius 2 is 0.486 bits per heavy atom. The molecule has 4 nitrogen and oxygen atoms in total. The molecule has 0 radical (unpaired) electrons. The van der Waals surface area contributed by atoms with Gasteiger partial charge in [0.05, 0.1) is 44.5 Å². The fourth-order valence-corrected chi connectivity index (χ4v) is 10.8. The van der Waals surface area contributed by atoms with Crippen molar-refractivity contribution in [3.63, 3.8) is 0 Å². The molecule has 0 spiro atoms. The van der Waals surface area contributed by atoms with Gasteiger partial charge in [0.2, 0.25) is 0 Å². The first-order valence-corrected chi connectivity index (χ1v) is 24.6. The van der Waals surface area contributed by atoms with E-state index in [1.54, 1.807) is 0 Å². The minimum absolute atomic E-state index is 0.827. The Morgan fingerprint density at radius 1 is 0.208 bits per heavy atom. The van der Waals surface area contributed by atoms with Crippen LogP contribution in [0.25, 0.3) is 133 Å². The van der Waals surface area contributed by atoms with E-state index >= 15 is 0 Å². The first kappa shape index (κ1) is 41.3. The molecule has 0 saturated heterocycles. The molecular weight excluding hydrogens is 873 g/mol. The molecule has 3 heterocycles. The van der Waals surface area contributed by atoms with E-state index in [0.29, 0.717) is 0 Å². The van der Waals surface area contributed by atoms with Crippen molar-refractivity contribution in [2.45, 2.75) is 0 Å². The van der Waals surface area contributed by atoms with Gasteiger partial charge >= 0.3 is 0 Å². The number of rotatable bonds is 8. The van der Waals surface area contributed by atoms with E-state index in [2.05, 4.69) is 264 Å². The highest BCUT2D eigenvalue weighted by atomic mass is 15.0. The molecule has 336 valence electrons. The van der Waals surface area contributed by atoms with E-state index in [0.717, 1.165) is 67.0 Å². The summed E-state index contributed by atoms with van der Waals surface area (Å²) in [4.78, 5) is 10.9. The number of para-hydroxylation sites is 2. The van der Waals surface area contributed by atoms with Gasteiger partial charge in [-0.2, -0.15) is 0 Å². The van der Waals surface area contributed by atoms with E-state index in [1.165, 1.54) is 66.1 Å². The second kappa shape index (κ2) is 17.1. The van der Waals surface area contributed by atoms with Crippen LogP contribution >= 0.6 is 0 Å². The standard InChI is InChI=1S/C68H44N4/c1-5-17-45(18-6-1)49-31-35-63-57(41-49)58-42-50(46-19-7-2-8-20-46)32-36-64(58)71(63)55-27-15-25-53(39-55)67-68(70-62-30-14-13-29-61(62)69-67)54-26-16-28-56(40-54)72-65-37-33-51(47-21-9-3-10-22-47)43-59(65)60-44-52(34-38-66(60)72)48-23-11-4-12-24-48/h1-44H. The van der Waals surface area contributed by atoms with Crippen LogP contribution in [0.3, 0.4) is 0 Å². The maximum Gasteiger partial charge on any atom is 0.0973 e. The van der Waals surface area contributed by atoms with Gasteiger partial charge in [0, 0.05) is 44.0 Å². The normalized spacial score (nSPS) is 11.6. The predicted molar refractivity (Wildman–Crippen MR) is 301 cm³/mol. The molecule has 0 aliphatic heterocycles. The van der Waals surface area contributed by atoms with E-state index in [4.69, 9.17) is 9.97 Å². The number of benzene rings is 11. The monoisotopic (exact) mass is 916 g/mol. The van der Waals surface area contributed by atoms with Gasteiger partial charge in [-0.05, 0) is 129 Å². The second-order valence-corrected chi connectivity index (χ2v) is 18.6. The molecule has 0 atom stereocenters. The zero-order chi connectivity index (χ0) is 47.5. The Labute approximate surface area is 417 Å². The molecule has 0 unspecified atom stereocenters. The minimum Gasteiger partial charge on any atom is -0.309 e. The number of hydrogen-bond donors (Lipinski definition) is 0. The molecule has 14 aromatic rings. The van der Waals surface area contributed by atoms with Crippen LogP contribution in [0.4, 0.5) is 0 Å². The Hall–Kier alpha value is -9.64. The number of hydrogen-bond acceptors (Lipinski definition) is 2. The summed E-state index contributed by atoms with van der Waals surface area (Å²) < 4.78 is 4.81. The van der Waals surface area contributed by atoms with Crippen LogP contribution in [0.1, 0.15) is 0 Å². The average molecular weight is 917 g/mol. The van der Waals surface area contributed by atoms with Crippen LogP contribution in [-0.2, 0) is 0 Å². The lowest BCUT2D eigenvalue weighted by Gasteiger charge is -2.15. The van der Waals surface area contributed by atoms with Crippen molar-refractivity contribution in [2.24, 2.45) is 0 Å². The summed E-state index contributed by atoms with van der Waals surface area (Å²) in [5, 5.41) is 4.82. The summed E-state index contributed by atoms with van der Waals surface area (Å²) in [5.41, 5.74) is 21.5. The summed E-state index contributed by atoms with van der Waals surface area (Å²) in [6, 6.07) is 95.9. The summed E-state index contributed by atoms with van der Waals surface area (Å²) >= 11 is 0. The number of fused-ring (bicyclic) bond motifs is 7. The van der Waals surface area contributed by atoms with Crippen LogP contribution in [-0.4, -0.2) is 19.1 Å². The third-order valence-electron chi connectivity index (χ3n) is 14.3. The third kappa shape index (κ3) is 7.08. The zero-order valence-electron chi connectivity index (χ0n) is 39.2. The second-order valence-electron chi connectivity index (χ2n) is 18.6. The molecule has 0 aliphatic rings. The Balaban J connectivity index is 0.939. The summed E-state index contributed by atoms with van der Waals surface area (Å²) in [6.07, 6.45) is 0. The fourth-order valence-electron chi connectivity index (χ4n) is 10.8. The number of aromatic nitrogens is 4. The van der Waals surface area contributed by atoms with Gasteiger partial charge in [-0.3, -0.25) is 0 Å². The lowest BCUT2D eigenvalue weighted by atomic mass is 10.0. The molecule has 11 aromatic carbocycles. The van der Waals surface area contributed by atoms with Crippen LogP contribution in [0.2, 0.25) is 0 Å². The van der Waals surface area contributed by atoms with Crippen LogP contribution in [0.15, 0.2) is 267 Å². The van der Waals surface area contributed by atoms with Crippen LogP contribution < -0.4 is 0 Å². The Bertz CT molecular complexity index is 3890. The quantitative estimate of drug-likeness (QED) is 0.152. The van der Waals surface area contributed by atoms with Crippen LogP contribution in [0, 0.1) is 0 Å². The molecule has 0 fully saturated rings. The zero-order valence-corrected chi connectivity index (χ0v) is 39.2. The molecule has 14 rings (SSSR count). The van der Waals surface area contributed by atoms with Crippen molar-refractivity contribution in [2.75, 3.05) is 0 Å². The fraction of sp³-hybridized carbons (Fsp3) is 0. The van der Waals surface area contributed by atoms with Gasteiger partial charge < -0.3 is 9.13 Å². The van der Waals surface area contributed by atoms with Crippen molar-refractivity contribution in [1.82, 2.24) is 19.1 Å². The van der Waals surface area contributed by atoms with Gasteiger partial charge in [-0.1, -0.05) is 182 Å². The van der Waals surface area contributed by atoms with Gasteiger partial charge in [0.25, 0.3) is 0 Å². The van der Waals surface area contributed by atoms with Crippen molar-refractivity contribution >= 4 is 54.6 Å². The SMILES string of the molecule is c1ccc(-c2ccc3c(c2)c2cc(-c4ccccc4)ccc2n3-c2cccc(-c3nc4ccccc4nc3-c3cccc(-n4c5ccc(-c6ccccc6)cc5c5cc(-c6ccccc6)ccc54)c3)c2)cc1. The van der Waals surface area contributed by atoms with E-state index in [9.17, 15) is 0 Å². The van der Waals surface area contributed by atoms with Crippen molar-refractivity contribution in [3.05, 3.63) is 267 Å². The minimum atomic E-state index is 0.827. The molecule has 0 aliphatic carbocycles. The Kier molecular flexibility index (Phi) is 9.82. The molecule has 3 aromatic heterocycles.